The molecule has 0 spiro atoms. The highest BCUT2D eigenvalue weighted by Crippen LogP contribution is 2.32. The van der Waals surface area contributed by atoms with Crippen molar-refractivity contribution < 1.29 is 9.53 Å². The Bertz CT molecular complexity index is 404. The number of carbonyl (C=O) groups excluding carboxylic acids is 1. The average molecular weight is 220 g/mol. The van der Waals surface area contributed by atoms with Crippen LogP contribution in [0.15, 0.2) is 18.2 Å². The third-order valence-electron chi connectivity index (χ3n) is 2.86. The average Bonchev–Trinajstić information content (AvgIpc) is 2.61. The second kappa shape index (κ2) is 4.53. The van der Waals surface area contributed by atoms with Gasteiger partial charge in [0.2, 0.25) is 5.91 Å². The van der Waals surface area contributed by atoms with Crippen LogP contribution in [0.4, 0.5) is 5.69 Å². The van der Waals surface area contributed by atoms with Crippen molar-refractivity contribution in [3.8, 4) is 0 Å². The lowest BCUT2D eigenvalue weighted by Crippen LogP contribution is -2.30. The Morgan fingerprint density at radius 3 is 3.19 bits per heavy atom. The number of hydrogen-bond donors (Lipinski definition) is 2. The van der Waals surface area contributed by atoms with Gasteiger partial charge in [0, 0.05) is 12.8 Å². The van der Waals surface area contributed by atoms with Gasteiger partial charge in [-0.25, -0.2) is 0 Å². The smallest absolute Gasteiger partial charge is 0.246 e. The number of rotatable bonds is 3. The number of amides is 1. The molecule has 1 atom stereocenters. The molecular weight excluding hydrogens is 204 g/mol. The second-order valence-corrected chi connectivity index (χ2v) is 4.05. The topological polar surface area (TPSA) is 64.3 Å². The standard InChI is InChI=1S/C12H16N2O2/c1-16-7-12(15)14-11-5-2-8-6-9(13)3-4-10(8)11/h3-4,6,11H,2,5,7,13H2,1H3,(H,14,15). The van der Waals surface area contributed by atoms with Crippen molar-refractivity contribution in [2.24, 2.45) is 0 Å². The van der Waals surface area contributed by atoms with Crippen LogP contribution in [0.3, 0.4) is 0 Å². The van der Waals surface area contributed by atoms with Gasteiger partial charge in [-0.15, -0.1) is 0 Å². The maximum absolute atomic E-state index is 11.4. The zero-order valence-corrected chi connectivity index (χ0v) is 9.32. The molecule has 0 saturated heterocycles. The van der Waals surface area contributed by atoms with Gasteiger partial charge in [0.1, 0.15) is 6.61 Å². The molecule has 0 radical (unpaired) electrons. The number of nitrogen functional groups attached to an aromatic ring is 1. The fourth-order valence-corrected chi connectivity index (χ4v) is 2.15. The molecule has 1 aliphatic carbocycles. The Morgan fingerprint density at radius 1 is 1.62 bits per heavy atom. The van der Waals surface area contributed by atoms with Crippen LogP contribution in [-0.4, -0.2) is 19.6 Å². The van der Waals surface area contributed by atoms with Crippen LogP contribution in [0.2, 0.25) is 0 Å². The van der Waals surface area contributed by atoms with E-state index in [2.05, 4.69) is 5.32 Å². The molecule has 0 heterocycles. The summed E-state index contributed by atoms with van der Waals surface area (Å²) in [7, 11) is 1.52. The molecule has 16 heavy (non-hydrogen) atoms. The number of hydrogen-bond acceptors (Lipinski definition) is 3. The van der Waals surface area contributed by atoms with Gasteiger partial charge in [-0.3, -0.25) is 4.79 Å². The number of nitrogens with two attached hydrogens (primary N) is 1. The first-order valence-corrected chi connectivity index (χ1v) is 5.37. The van der Waals surface area contributed by atoms with E-state index in [9.17, 15) is 4.79 Å². The van der Waals surface area contributed by atoms with Gasteiger partial charge in [-0.2, -0.15) is 0 Å². The van der Waals surface area contributed by atoms with Crippen LogP contribution in [0.5, 0.6) is 0 Å². The van der Waals surface area contributed by atoms with E-state index in [1.165, 1.54) is 18.2 Å². The molecule has 0 fully saturated rings. The van der Waals surface area contributed by atoms with Crippen molar-refractivity contribution in [2.75, 3.05) is 19.5 Å². The molecule has 4 heteroatoms. The summed E-state index contributed by atoms with van der Waals surface area (Å²) < 4.78 is 4.79. The normalized spacial score (nSPS) is 18.2. The predicted octanol–water partition coefficient (Wildman–Crippen LogP) is 1.02. The fraction of sp³-hybridized carbons (Fsp3) is 0.417. The number of fused-ring (bicyclic) bond motifs is 1. The number of ether oxygens (including phenoxy) is 1. The maximum atomic E-state index is 11.4. The quantitative estimate of drug-likeness (QED) is 0.747. The molecule has 0 saturated carbocycles. The summed E-state index contributed by atoms with van der Waals surface area (Å²) in [6, 6.07) is 5.96. The van der Waals surface area contributed by atoms with Crippen LogP contribution in [0, 0.1) is 0 Å². The lowest BCUT2D eigenvalue weighted by Gasteiger charge is -2.13. The van der Waals surface area contributed by atoms with Gasteiger partial charge in [-0.1, -0.05) is 6.07 Å². The first-order valence-electron chi connectivity index (χ1n) is 5.37. The Balaban J connectivity index is 2.09. The van der Waals surface area contributed by atoms with Gasteiger partial charge in [-0.05, 0) is 36.1 Å². The van der Waals surface area contributed by atoms with Crippen molar-refractivity contribution in [3.05, 3.63) is 29.3 Å². The monoisotopic (exact) mass is 220 g/mol. The Hall–Kier alpha value is -1.55. The van der Waals surface area contributed by atoms with E-state index in [0.717, 1.165) is 18.5 Å². The third kappa shape index (κ3) is 2.17. The van der Waals surface area contributed by atoms with E-state index in [0.29, 0.717) is 0 Å². The molecule has 1 aromatic carbocycles. The lowest BCUT2D eigenvalue weighted by atomic mass is 10.1. The number of carbonyl (C=O) groups is 1. The minimum Gasteiger partial charge on any atom is -0.399 e. The Kier molecular flexibility index (Phi) is 3.10. The zero-order valence-electron chi connectivity index (χ0n) is 9.32. The van der Waals surface area contributed by atoms with Crippen molar-refractivity contribution >= 4 is 11.6 Å². The van der Waals surface area contributed by atoms with Gasteiger partial charge < -0.3 is 15.8 Å². The Labute approximate surface area is 94.8 Å². The molecule has 0 aromatic heterocycles. The highest BCUT2D eigenvalue weighted by atomic mass is 16.5. The summed E-state index contributed by atoms with van der Waals surface area (Å²) in [5, 5.41) is 2.95. The molecule has 1 aromatic rings. The predicted molar refractivity (Wildman–Crippen MR) is 61.9 cm³/mol. The minimum atomic E-state index is -0.0721. The van der Waals surface area contributed by atoms with Crippen LogP contribution in [0.1, 0.15) is 23.6 Å². The molecule has 0 bridgehead atoms. The summed E-state index contributed by atoms with van der Waals surface area (Å²) in [4.78, 5) is 11.4. The summed E-state index contributed by atoms with van der Waals surface area (Å²) in [5.41, 5.74) is 8.92. The summed E-state index contributed by atoms with van der Waals surface area (Å²) in [5.74, 6) is -0.0721. The number of aryl methyl sites for hydroxylation is 1. The van der Waals surface area contributed by atoms with E-state index in [1.54, 1.807) is 0 Å². The van der Waals surface area contributed by atoms with Crippen molar-refractivity contribution in [3.63, 3.8) is 0 Å². The number of methoxy groups -OCH3 is 1. The maximum Gasteiger partial charge on any atom is 0.246 e. The Morgan fingerprint density at radius 2 is 2.44 bits per heavy atom. The molecule has 2 rings (SSSR count). The molecule has 1 aliphatic rings. The van der Waals surface area contributed by atoms with E-state index in [1.807, 2.05) is 18.2 Å². The summed E-state index contributed by atoms with van der Waals surface area (Å²) >= 11 is 0. The molecule has 86 valence electrons. The minimum absolute atomic E-state index is 0.0721. The molecule has 1 amide bonds. The van der Waals surface area contributed by atoms with Crippen LogP contribution >= 0.6 is 0 Å². The summed E-state index contributed by atoms with van der Waals surface area (Å²) in [6.07, 6.45) is 1.91. The molecule has 3 N–H and O–H groups in total. The third-order valence-corrected chi connectivity index (χ3v) is 2.86. The van der Waals surface area contributed by atoms with Crippen molar-refractivity contribution in [2.45, 2.75) is 18.9 Å². The highest BCUT2D eigenvalue weighted by molar-refractivity contribution is 5.78. The molecule has 4 nitrogen and oxygen atoms in total. The number of nitrogens with one attached hydrogen (secondary N) is 1. The van der Waals surface area contributed by atoms with Crippen LogP contribution in [-0.2, 0) is 16.0 Å². The largest absolute Gasteiger partial charge is 0.399 e. The SMILES string of the molecule is COCC(=O)NC1CCc2cc(N)ccc21. The van der Waals surface area contributed by atoms with E-state index in [-0.39, 0.29) is 18.6 Å². The van der Waals surface area contributed by atoms with Gasteiger partial charge in [0.15, 0.2) is 0 Å². The lowest BCUT2D eigenvalue weighted by molar-refractivity contribution is -0.125. The van der Waals surface area contributed by atoms with E-state index in [4.69, 9.17) is 10.5 Å². The first-order chi connectivity index (χ1) is 7.70. The fourth-order valence-electron chi connectivity index (χ4n) is 2.15. The van der Waals surface area contributed by atoms with Crippen LogP contribution < -0.4 is 11.1 Å². The summed E-state index contributed by atoms with van der Waals surface area (Å²) in [6.45, 7) is 0.112. The molecular formula is C12H16N2O2. The van der Waals surface area contributed by atoms with Crippen LogP contribution in [0.25, 0.3) is 0 Å². The highest BCUT2D eigenvalue weighted by Gasteiger charge is 2.23. The number of benzene rings is 1. The van der Waals surface area contributed by atoms with E-state index >= 15 is 0 Å². The van der Waals surface area contributed by atoms with Crippen molar-refractivity contribution in [1.82, 2.24) is 5.32 Å². The second-order valence-electron chi connectivity index (χ2n) is 4.05. The van der Waals surface area contributed by atoms with Gasteiger partial charge in [0.25, 0.3) is 0 Å². The van der Waals surface area contributed by atoms with Crippen molar-refractivity contribution in [1.29, 1.82) is 0 Å². The molecule has 1 unspecified atom stereocenters. The number of anilines is 1. The van der Waals surface area contributed by atoms with Gasteiger partial charge in [0.05, 0.1) is 6.04 Å². The first kappa shape index (κ1) is 11.0. The zero-order chi connectivity index (χ0) is 11.5. The molecule has 0 aliphatic heterocycles. The van der Waals surface area contributed by atoms with Gasteiger partial charge >= 0.3 is 0 Å². The van der Waals surface area contributed by atoms with E-state index < -0.39 is 0 Å².